The van der Waals surface area contributed by atoms with E-state index in [0.29, 0.717) is 0 Å². The van der Waals surface area contributed by atoms with Gasteiger partial charge in [0, 0.05) is 11.6 Å². The summed E-state index contributed by atoms with van der Waals surface area (Å²) in [5.41, 5.74) is -1.01. The summed E-state index contributed by atoms with van der Waals surface area (Å²) in [6.07, 6.45) is 0. The van der Waals surface area contributed by atoms with Crippen LogP contribution in [0.5, 0.6) is 5.75 Å². The van der Waals surface area contributed by atoms with Crippen molar-refractivity contribution in [1.82, 2.24) is 0 Å². The first kappa shape index (κ1) is 9.97. The van der Waals surface area contributed by atoms with E-state index < -0.39 is 22.1 Å². The van der Waals surface area contributed by atoms with Crippen LogP contribution in [-0.4, -0.2) is 21.1 Å². The average molecular weight is 197 g/mol. The monoisotopic (exact) mass is 197 g/mol. The fourth-order valence-corrected chi connectivity index (χ4v) is 1.11. The van der Waals surface area contributed by atoms with Crippen LogP contribution < -0.4 is 0 Å². The molecule has 1 aromatic carbocycles. The van der Waals surface area contributed by atoms with Crippen molar-refractivity contribution in [3.63, 3.8) is 0 Å². The lowest BCUT2D eigenvalue weighted by atomic mass is 10.1. The van der Waals surface area contributed by atoms with Crippen molar-refractivity contribution in [3.8, 4) is 5.75 Å². The summed E-state index contributed by atoms with van der Waals surface area (Å²) in [5.74, 6) is -1.70. The van der Waals surface area contributed by atoms with Gasteiger partial charge in [-0.1, -0.05) is 0 Å². The highest BCUT2D eigenvalue weighted by molar-refractivity contribution is 5.94. The largest absolute Gasteiger partial charge is 0.508 e. The van der Waals surface area contributed by atoms with Gasteiger partial charge in [0.05, 0.1) is 4.92 Å². The van der Waals surface area contributed by atoms with Gasteiger partial charge >= 0.3 is 5.97 Å². The Labute approximate surface area is 78.6 Å². The maximum atomic E-state index is 10.7. The van der Waals surface area contributed by atoms with Gasteiger partial charge in [-0.3, -0.25) is 10.1 Å². The lowest BCUT2D eigenvalue weighted by molar-refractivity contribution is -0.385. The number of phenols is 1. The number of carboxylic acid groups (broad SMARTS) is 1. The predicted molar refractivity (Wildman–Crippen MR) is 46.5 cm³/mol. The van der Waals surface area contributed by atoms with E-state index in [2.05, 4.69) is 0 Å². The number of phenolic OH excluding ortho intramolecular Hbond substituents is 1. The Morgan fingerprint density at radius 3 is 2.50 bits per heavy atom. The van der Waals surface area contributed by atoms with Crippen LogP contribution in [0, 0.1) is 17.0 Å². The van der Waals surface area contributed by atoms with Gasteiger partial charge in [-0.25, -0.2) is 4.79 Å². The zero-order valence-electron chi connectivity index (χ0n) is 7.22. The summed E-state index contributed by atoms with van der Waals surface area (Å²) in [6, 6.07) is 2.06. The molecule has 0 saturated heterocycles. The number of nitro groups is 1. The van der Waals surface area contributed by atoms with E-state index in [1.54, 1.807) is 0 Å². The fourth-order valence-electron chi connectivity index (χ4n) is 1.11. The molecular formula is C8H7NO5. The maximum Gasteiger partial charge on any atom is 0.343 e. The molecule has 0 aliphatic heterocycles. The van der Waals surface area contributed by atoms with Crippen molar-refractivity contribution >= 4 is 11.7 Å². The van der Waals surface area contributed by atoms with Crippen molar-refractivity contribution in [2.45, 2.75) is 6.92 Å². The maximum absolute atomic E-state index is 10.7. The molecule has 0 unspecified atom stereocenters. The summed E-state index contributed by atoms with van der Waals surface area (Å²) in [5, 5.41) is 28.3. The van der Waals surface area contributed by atoms with Crippen molar-refractivity contribution in [2.75, 3.05) is 0 Å². The second kappa shape index (κ2) is 3.33. The van der Waals surface area contributed by atoms with E-state index in [0.717, 1.165) is 12.1 Å². The molecule has 1 rings (SSSR count). The Morgan fingerprint density at radius 1 is 1.50 bits per heavy atom. The first-order chi connectivity index (χ1) is 6.45. The second-order valence-electron chi connectivity index (χ2n) is 2.67. The highest BCUT2D eigenvalue weighted by atomic mass is 16.6. The molecule has 0 bridgehead atoms. The average Bonchev–Trinajstić information content (AvgIpc) is 2.08. The minimum absolute atomic E-state index is 0.00769. The normalized spacial score (nSPS) is 9.79. The molecule has 0 aliphatic carbocycles. The molecule has 14 heavy (non-hydrogen) atoms. The van der Waals surface area contributed by atoms with Crippen molar-refractivity contribution in [2.24, 2.45) is 0 Å². The topological polar surface area (TPSA) is 101 Å². The Kier molecular flexibility index (Phi) is 2.37. The summed E-state index contributed by atoms with van der Waals surface area (Å²) < 4.78 is 0. The van der Waals surface area contributed by atoms with Crippen LogP contribution >= 0.6 is 0 Å². The molecule has 6 nitrogen and oxygen atoms in total. The van der Waals surface area contributed by atoms with E-state index in [4.69, 9.17) is 10.2 Å². The molecule has 0 radical (unpaired) electrons. The van der Waals surface area contributed by atoms with E-state index in [1.165, 1.54) is 6.92 Å². The van der Waals surface area contributed by atoms with Crippen molar-refractivity contribution < 1.29 is 19.9 Å². The molecule has 0 saturated carbocycles. The van der Waals surface area contributed by atoms with Gasteiger partial charge in [-0.2, -0.15) is 0 Å². The zero-order chi connectivity index (χ0) is 10.9. The van der Waals surface area contributed by atoms with Gasteiger partial charge in [-0.05, 0) is 13.0 Å². The van der Waals surface area contributed by atoms with Crippen LogP contribution in [0.15, 0.2) is 12.1 Å². The summed E-state index contributed by atoms with van der Waals surface area (Å²) >= 11 is 0. The fraction of sp³-hybridized carbons (Fsp3) is 0.125. The molecule has 0 heterocycles. The number of carboxylic acids is 1. The van der Waals surface area contributed by atoms with Crippen molar-refractivity contribution in [3.05, 3.63) is 33.4 Å². The van der Waals surface area contributed by atoms with Crippen LogP contribution in [0.25, 0.3) is 0 Å². The number of hydrogen-bond donors (Lipinski definition) is 2. The number of hydrogen-bond acceptors (Lipinski definition) is 4. The van der Waals surface area contributed by atoms with Crippen LogP contribution in [0.4, 0.5) is 5.69 Å². The highest BCUT2D eigenvalue weighted by Crippen LogP contribution is 2.28. The Balaban J connectivity index is 3.53. The number of rotatable bonds is 2. The molecule has 0 amide bonds. The number of carbonyl (C=O) groups is 1. The van der Waals surface area contributed by atoms with E-state index in [9.17, 15) is 14.9 Å². The van der Waals surface area contributed by atoms with Crippen LogP contribution in [0.1, 0.15) is 15.9 Å². The molecule has 0 spiro atoms. The van der Waals surface area contributed by atoms with Gasteiger partial charge in [-0.15, -0.1) is 0 Å². The Morgan fingerprint density at radius 2 is 2.07 bits per heavy atom. The molecule has 0 aromatic heterocycles. The molecule has 6 heteroatoms. The molecule has 2 N–H and O–H groups in total. The van der Waals surface area contributed by atoms with Gasteiger partial charge in [0.2, 0.25) is 0 Å². The predicted octanol–water partition coefficient (Wildman–Crippen LogP) is 1.31. The Bertz CT molecular complexity index is 412. The smallest absolute Gasteiger partial charge is 0.343 e. The summed E-state index contributed by atoms with van der Waals surface area (Å²) in [4.78, 5) is 20.3. The lowest BCUT2D eigenvalue weighted by Gasteiger charge is -2.03. The third-order valence-electron chi connectivity index (χ3n) is 1.82. The third-order valence-corrected chi connectivity index (χ3v) is 1.82. The number of nitro benzene ring substituents is 1. The number of benzene rings is 1. The molecule has 74 valence electrons. The third kappa shape index (κ3) is 1.49. The van der Waals surface area contributed by atoms with E-state index in [1.807, 2.05) is 0 Å². The van der Waals surface area contributed by atoms with Gasteiger partial charge in [0.1, 0.15) is 11.3 Å². The summed E-state index contributed by atoms with van der Waals surface area (Å²) in [6.45, 7) is 1.31. The van der Waals surface area contributed by atoms with E-state index >= 15 is 0 Å². The molecule has 0 aliphatic rings. The first-order valence-corrected chi connectivity index (χ1v) is 3.65. The highest BCUT2D eigenvalue weighted by Gasteiger charge is 2.23. The van der Waals surface area contributed by atoms with Crippen LogP contribution in [0.2, 0.25) is 0 Å². The lowest BCUT2D eigenvalue weighted by Crippen LogP contribution is -2.05. The van der Waals surface area contributed by atoms with E-state index in [-0.39, 0.29) is 11.3 Å². The number of nitrogens with zero attached hydrogens (tertiary/aromatic N) is 1. The van der Waals surface area contributed by atoms with Gasteiger partial charge in [0.25, 0.3) is 5.69 Å². The number of aromatic carboxylic acids is 1. The van der Waals surface area contributed by atoms with Crippen LogP contribution in [-0.2, 0) is 0 Å². The standard InChI is InChI=1S/C8H7NO5/c1-4-6(10)3-2-5(9(13)14)7(4)8(11)12/h2-3,10H,1H3,(H,11,12). The van der Waals surface area contributed by atoms with Crippen LogP contribution in [0.3, 0.4) is 0 Å². The molecular weight excluding hydrogens is 190 g/mol. The molecule has 1 aromatic rings. The SMILES string of the molecule is Cc1c(O)ccc([N+](=O)[O-])c1C(=O)O. The summed E-state index contributed by atoms with van der Waals surface area (Å²) in [7, 11) is 0. The van der Waals surface area contributed by atoms with Gasteiger partial charge in [0.15, 0.2) is 0 Å². The molecule has 0 fully saturated rings. The first-order valence-electron chi connectivity index (χ1n) is 3.65. The minimum atomic E-state index is -1.43. The second-order valence-corrected chi connectivity index (χ2v) is 2.67. The zero-order valence-corrected chi connectivity index (χ0v) is 7.22. The van der Waals surface area contributed by atoms with Crippen molar-refractivity contribution in [1.29, 1.82) is 0 Å². The quantitative estimate of drug-likeness (QED) is 0.549. The Hall–Kier alpha value is -2.11. The number of aromatic hydroxyl groups is 1. The molecule has 0 atom stereocenters. The van der Waals surface area contributed by atoms with Gasteiger partial charge < -0.3 is 10.2 Å². The minimum Gasteiger partial charge on any atom is -0.508 e.